The van der Waals surface area contributed by atoms with Crippen molar-refractivity contribution in [1.29, 1.82) is 0 Å². The molecule has 0 saturated heterocycles. The summed E-state index contributed by atoms with van der Waals surface area (Å²) < 4.78 is 2.49. The van der Waals surface area contributed by atoms with Gasteiger partial charge in [0.15, 0.2) is 5.82 Å². The van der Waals surface area contributed by atoms with Crippen molar-refractivity contribution in [2.24, 2.45) is 0 Å². The van der Waals surface area contributed by atoms with Crippen molar-refractivity contribution in [1.82, 2.24) is 9.97 Å². The molecule has 0 bridgehead atoms. The molecule has 0 spiro atoms. The molecule has 0 amide bonds. The van der Waals surface area contributed by atoms with Crippen LogP contribution in [0.4, 0.5) is 0 Å². The molecule has 0 fully saturated rings. The summed E-state index contributed by atoms with van der Waals surface area (Å²) in [5.41, 5.74) is 0.768. The zero-order valence-corrected chi connectivity index (χ0v) is 13.1. The van der Waals surface area contributed by atoms with Crippen molar-refractivity contribution in [3.8, 4) is 10.7 Å². The lowest BCUT2D eigenvalue weighted by Gasteiger charge is -2.03. The fourth-order valence-corrected chi connectivity index (χ4v) is 4.50. The molecule has 0 unspecified atom stereocenters. The van der Waals surface area contributed by atoms with Gasteiger partial charge in [-0.1, -0.05) is 23.2 Å². The Labute approximate surface area is 132 Å². The summed E-state index contributed by atoms with van der Waals surface area (Å²) >= 11 is 15.7. The standard InChI is InChI=1S/C14H6Cl2N2S2/c15-7-1-2-8-9(5-7)17-14(18-13(8)16)12-6-11-10(20-12)3-4-19-11/h1-6H. The molecule has 0 saturated carbocycles. The van der Waals surface area contributed by atoms with E-state index in [-0.39, 0.29) is 0 Å². The van der Waals surface area contributed by atoms with E-state index in [1.165, 1.54) is 9.40 Å². The Morgan fingerprint density at radius 3 is 2.70 bits per heavy atom. The number of thiophene rings is 2. The first-order valence-corrected chi connectivity index (χ1v) is 8.26. The van der Waals surface area contributed by atoms with Gasteiger partial charge >= 0.3 is 0 Å². The van der Waals surface area contributed by atoms with Crippen LogP contribution in [-0.4, -0.2) is 9.97 Å². The van der Waals surface area contributed by atoms with E-state index in [0.29, 0.717) is 16.0 Å². The molecule has 0 radical (unpaired) electrons. The van der Waals surface area contributed by atoms with Crippen LogP contribution < -0.4 is 0 Å². The lowest BCUT2D eigenvalue weighted by atomic mass is 10.2. The molecule has 3 aromatic heterocycles. The maximum absolute atomic E-state index is 6.25. The third-order valence-electron chi connectivity index (χ3n) is 2.97. The molecule has 0 aliphatic carbocycles. The molecule has 20 heavy (non-hydrogen) atoms. The summed E-state index contributed by atoms with van der Waals surface area (Å²) in [6.45, 7) is 0. The highest BCUT2D eigenvalue weighted by molar-refractivity contribution is 7.28. The molecule has 4 aromatic rings. The first kappa shape index (κ1) is 12.5. The van der Waals surface area contributed by atoms with Crippen LogP contribution in [-0.2, 0) is 0 Å². The van der Waals surface area contributed by atoms with E-state index in [1.54, 1.807) is 28.7 Å². The van der Waals surface area contributed by atoms with Crippen molar-refractivity contribution >= 4 is 66.2 Å². The largest absolute Gasteiger partial charge is 0.227 e. The Morgan fingerprint density at radius 1 is 0.950 bits per heavy atom. The molecular weight excluding hydrogens is 331 g/mol. The van der Waals surface area contributed by atoms with E-state index in [4.69, 9.17) is 23.2 Å². The normalized spacial score (nSPS) is 11.5. The van der Waals surface area contributed by atoms with Gasteiger partial charge in [0.05, 0.1) is 10.4 Å². The van der Waals surface area contributed by atoms with Gasteiger partial charge in [-0.3, -0.25) is 0 Å². The molecule has 0 atom stereocenters. The average Bonchev–Trinajstić information content (AvgIpc) is 2.98. The van der Waals surface area contributed by atoms with Crippen molar-refractivity contribution in [2.75, 3.05) is 0 Å². The Kier molecular flexibility index (Phi) is 2.93. The lowest BCUT2D eigenvalue weighted by molar-refractivity contribution is 1.24. The minimum absolute atomic E-state index is 0.457. The Bertz CT molecular complexity index is 914. The highest BCUT2D eigenvalue weighted by Gasteiger charge is 2.11. The highest BCUT2D eigenvalue weighted by Crippen LogP contribution is 2.36. The van der Waals surface area contributed by atoms with E-state index >= 15 is 0 Å². The van der Waals surface area contributed by atoms with Crippen molar-refractivity contribution < 1.29 is 0 Å². The lowest BCUT2D eigenvalue weighted by Crippen LogP contribution is -1.90. The number of aromatic nitrogens is 2. The summed E-state index contributed by atoms with van der Waals surface area (Å²) in [5, 5.41) is 4.00. The second-order valence-electron chi connectivity index (χ2n) is 4.26. The molecular formula is C14H6Cl2N2S2. The minimum Gasteiger partial charge on any atom is -0.227 e. The van der Waals surface area contributed by atoms with Gasteiger partial charge in [-0.25, -0.2) is 9.97 Å². The van der Waals surface area contributed by atoms with E-state index in [9.17, 15) is 0 Å². The number of halogens is 2. The second-order valence-corrected chi connectivity index (χ2v) is 7.09. The molecule has 0 aliphatic rings. The fourth-order valence-electron chi connectivity index (χ4n) is 2.05. The number of hydrogen-bond donors (Lipinski definition) is 0. The van der Waals surface area contributed by atoms with E-state index in [1.807, 2.05) is 12.1 Å². The van der Waals surface area contributed by atoms with Crippen LogP contribution in [0.15, 0.2) is 35.7 Å². The number of hydrogen-bond acceptors (Lipinski definition) is 4. The van der Waals surface area contributed by atoms with Gasteiger partial charge in [-0.05, 0) is 35.7 Å². The topological polar surface area (TPSA) is 25.8 Å². The monoisotopic (exact) mass is 336 g/mol. The molecule has 1 aromatic carbocycles. The molecule has 2 nitrogen and oxygen atoms in total. The number of fused-ring (bicyclic) bond motifs is 2. The Hall–Kier alpha value is -1.20. The Balaban J connectivity index is 1.97. The number of benzene rings is 1. The first-order chi connectivity index (χ1) is 9.70. The van der Waals surface area contributed by atoms with Crippen LogP contribution in [0.5, 0.6) is 0 Å². The quantitative estimate of drug-likeness (QED) is 0.405. The highest BCUT2D eigenvalue weighted by atomic mass is 35.5. The summed E-state index contributed by atoms with van der Waals surface area (Å²) in [7, 11) is 0. The number of nitrogens with zero attached hydrogens (tertiary/aromatic N) is 2. The third-order valence-corrected chi connectivity index (χ3v) is 5.58. The molecule has 6 heteroatoms. The second kappa shape index (κ2) is 4.67. The van der Waals surface area contributed by atoms with Crippen LogP contribution in [0, 0.1) is 0 Å². The van der Waals surface area contributed by atoms with Crippen molar-refractivity contribution in [3.05, 3.63) is 45.9 Å². The van der Waals surface area contributed by atoms with Gasteiger partial charge in [0.1, 0.15) is 5.15 Å². The fraction of sp³-hybridized carbons (Fsp3) is 0. The maximum atomic E-state index is 6.25. The summed E-state index contributed by atoms with van der Waals surface area (Å²) in [6.07, 6.45) is 0. The Morgan fingerprint density at radius 2 is 1.85 bits per heavy atom. The van der Waals surface area contributed by atoms with E-state index in [2.05, 4.69) is 27.5 Å². The first-order valence-electron chi connectivity index (χ1n) is 5.81. The molecule has 0 aliphatic heterocycles. The van der Waals surface area contributed by atoms with Gasteiger partial charge in [0, 0.05) is 19.8 Å². The van der Waals surface area contributed by atoms with Crippen molar-refractivity contribution in [3.63, 3.8) is 0 Å². The molecule has 98 valence electrons. The maximum Gasteiger partial charge on any atom is 0.171 e. The average molecular weight is 337 g/mol. The van der Waals surface area contributed by atoms with Crippen LogP contribution in [0.3, 0.4) is 0 Å². The summed E-state index contributed by atoms with van der Waals surface area (Å²) in [4.78, 5) is 10.0. The zero-order valence-electron chi connectivity index (χ0n) is 9.93. The minimum atomic E-state index is 0.457. The van der Waals surface area contributed by atoms with Crippen LogP contribution in [0.2, 0.25) is 10.2 Å². The van der Waals surface area contributed by atoms with Crippen LogP contribution in [0.25, 0.3) is 31.0 Å². The van der Waals surface area contributed by atoms with Gasteiger partial charge in [0.25, 0.3) is 0 Å². The summed E-state index contributed by atoms with van der Waals surface area (Å²) in [6, 6.07) is 9.65. The van der Waals surface area contributed by atoms with Gasteiger partial charge in [-0.15, -0.1) is 22.7 Å². The SMILES string of the molecule is Clc1ccc2c(Cl)nc(-c3cc4sccc4s3)nc2c1. The van der Waals surface area contributed by atoms with Crippen LogP contribution in [0.1, 0.15) is 0 Å². The van der Waals surface area contributed by atoms with Gasteiger partial charge in [0.2, 0.25) is 0 Å². The van der Waals surface area contributed by atoms with Gasteiger partial charge < -0.3 is 0 Å². The predicted molar refractivity (Wildman–Crippen MR) is 88.3 cm³/mol. The summed E-state index contributed by atoms with van der Waals surface area (Å²) in [5.74, 6) is 0.651. The molecule has 3 heterocycles. The van der Waals surface area contributed by atoms with E-state index in [0.717, 1.165) is 15.8 Å². The smallest absolute Gasteiger partial charge is 0.171 e. The van der Waals surface area contributed by atoms with E-state index < -0.39 is 0 Å². The van der Waals surface area contributed by atoms with Crippen molar-refractivity contribution in [2.45, 2.75) is 0 Å². The van der Waals surface area contributed by atoms with Crippen LogP contribution >= 0.6 is 45.9 Å². The molecule has 4 rings (SSSR count). The third kappa shape index (κ3) is 2.00. The molecule has 0 N–H and O–H groups in total. The number of rotatable bonds is 1. The van der Waals surface area contributed by atoms with Gasteiger partial charge in [-0.2, -0.15) is 0 Å². The predicted octanol–water partition coefficient (Wildman–Crippen LogP) is 5.88. The zero-order chi connectivity index (χ0) is 13.7.